The lowest BCUT2D eigenvalue weighted by Crippen LogP contribution is -2.40. The molecule has 2 heterocycles. The second kappa shape index (κ2) is 8.06. The Hall–Kier alpha value is -3.16. The molecule has 1 atom stereocenters. The molecule has 0 unspecified atom stereocenters. The lowest BCUT2D eigenvalue weighted by molar-refractivity contribution is -0.133. The molecule has 4 rings (SSSR count). The second-order valence-electron chi connectivity index (χ2n) is 7.16. The largest absolute Gasteiger partial charge is 0.335 e. The Bertz CT molecular complexity index is 1100. The van der Waals surface area contributed by atoms with Crippen LogP contribution < -0.4 is 0 Å². The zero-order valence-electron chi connectivity index (χ0n) is 16.1. The fourth-order valence-corrected chi connectivity index (χ4v) is 4.31. The first-order valence-corrected chi connectivity index (χ1v) is 9.98. The van der Waals surface area contributed by atoms with E-state index in [1.807, 2.05) is 29.2 Å². The first kappa shape index (κ1) is 19.2. The first-order valence-electron chi connectivity index (χ1n) is 9.60. The van der Waals surface area contributed by atoms with Crippen molar-refractivity contribution in [1.29, 1.82) is 5.26 Å². The summed E-state index contributed by atoms with van der Waals surface area (Å²) in [5.74, 6) is -0.0176. The van der Waals surface area contributed by atoms with E-state index >= 15 is 0 Å². The molecule has 1 aliphatic rings. The van der Waals surface area contributed by atoms with Crippen molar-refractivity contribution in [3.8, 4) is 17.3 Å². The molecular weight excluding hydrogens is 382 g/mol. The van der Waals surface area contributed by atoms with Crippen LogP contribution in [-0.2, 0) is 17.6 Å². The van der Waals surface area contributed by atoms with Gasteiger partial charge in [0.2, 0.25) is 5.91 Å². The second-order valence-corrected chi connectivity index (χ2v) is 7.56. The molecule has 0 bridgehead atoms. The highest BCUT2D eigenvalue weighted by Gasteiger charge is 2.29. The number of benzene rings is 2. The van der Waals surface area contributed by atoms with Crippen molar-refractivity contribution in [2.45, 2.75) is 25.8 Å². The molecule has 0 spiro atoms. The summed E-state index contributed by atoms with van der Waals surface area (Å²) in [4.78, 5) is 19.5. The number of nitrogens with zero attached hydrogens (tertiary/aromatic N) is 3. The third kappa shape index (κ3) is 3.62. The molecule has 4 nitrogen and oxygen atoms in total. The molecule has 1 aliphatic heterocycles. The Morgan fingerprint density at radius 3 is 2.79 bits per heavy atom. The Labute approximate surface area is 175 Å². The van der Waals surface area contributed by atoms with Gasteiger partial charge in [-0.25, -0.2) is 0 Å². The van der Waals surface area contributed by atoms with Crippen LogP contribution in [0.2, 0.25) is 5.02 Å². The summed E-state index contributed by atoms with van der Waals surface area (Å²) in [6.07, 6.45) is 2.70. The highest BCUT2D eigenvalue weighted by atomic mass is 35.5. The summed E-state index contributed by atoms with van der Waals surface area (Å²) in [7, 11) is 0. The maximum Gasteiger partial charge on any atom is 0.227 e. The van der Waals surface area contributed by atoms with Crippen LogP contribution in [0.5, 0.6) is 0 Å². The highest BCUT2D eigenvalue weighted by Crippen LogP contribution is 2.35. The zero-order valence-corrected chi connectivity index (χ0v) is 16.9. The van der Waals surface area contributed by atoms with Crippen LogP contribution in [0.25, 0.3) is 11.3 Å². The molecule has 5 heteroatoms. The summed E-state index contributed by atoms with van der Waals surface area (Å²) < 4.78 is 0. The Morgan fingerprint density at radius 2 is 2.03 bits per heavy atom. The summed E-state index contributed by atoms with van der Waals surface area (Å²) in [6.45, 7) is 2.68. The van der Waals surface area contributed by atoms with Gasteiger partial charge in [-0.3, -0.25) is 9.78 Å². The van der Waals surface area contributed by atoms with Gasteiger partial charge in [0.25, 0.3) is 0 Å². The minimum Gasteiger partial charge on any atom is -0.335 e. The molecule has 0 saturated heterocycles. The molecule has 29 heavy (non-hydrogen) atoms. The van der Waals surface area contributed by atoms with E-state index in [-0.39, 0.29) is 18.4 Å². The predicted molar refractivity (Wildman–Crippen MR) is 113 cm³/mol. The van der Waals surface area contributed by atoms with Crippen LogP contribution in [0.1, 0.15) is 35.2 Å². The van der Waals surface area contributed by atoms with E-state index in [1.165, 1.54) is 5.56 Å². The smallest absolute Gasteiger partial charge is 0.227 e. The van der Waals surface area contributed by atoms with Gasteiger partial charge in [0.05, 0.1) is 29.8 Å². The average Bonchev–Trinajstić information content (AvgIpc) is 2.75. The van der Waals surface area contributed by atoms with Crippen LogP contribution in [-0.4, -0.2) is 22.3 Å². The summed E-state index contributed by atoms with van der Waals surface area (Å²) in [5.41, 5.74) is 5.52. The zero-order chi connectivity index (χ0) is 20.4. The van der Waals surface area contributed by atoms with E-state index in [0.717, 1.165) is 23.2 Å². The fraction of sp³-hybridized carbons (Fsp3) is 0.208. The van der Waals surface area contributed by atoms with Crippen molar-refractivity contribution in [2.24, 2.45) is 0 Å². The normalized spacial score (nSPS) is 15.5. The summed E-state index contributed by atoms with van der Waals surface area (Å²) >= 11 is 6.27. The van der Waals surface area contributed by atoms with E-state index in [1.54, 1.807) is 24.4 Å². The maximum atomic E-state index is 13.1. The minimum atomic E-state index is -0.0528. The molecule has 0 radical (unpaired) electrons. The molecule has 3 aromatic rings. The average molecular weight is 402 g/mol. The molecule has 0 N–H and O–H groups in total. The van der Waals surface area contributed by atoms with Crippen LogP contribution in [0.4, 0.5) is 0 Å². The van der Waals surface area contributed by atoms with Gasteiger partial charge in [-0.1, -0.05) is 41.9 Å². The van der Waals surface area contributed by atoms with Crippen LogP contribution >= 0.6 is 11.6 Å². The standard InChI is InChI=1S/C24H20ClN3O/c1-16-18-7-5-8-20(23-10-2-3-12-27-23)19(18)11-13-28(16)24(29)14-21-17(15-26)6-4-9-22(21)25/h2-10,12,16H,11,13-14H2,1H3/t16-/m0/s1. The van der Waals surface area contributed by atoms with Crippen LogP contribution in [0, 0.1) is 11.3 Å². The predicted octanol–water partition coefficient (Wildman–Crippen LogP) is 4.96. The minimum absolute atomic E-state index is 0.0176. The Morgan fingerprint density at radius 1 is 1.21 bits per heavy atom. The van der Waals surface area contributed by atoms with Gasteiger partial charge >= 0.3 is 0 Å². The van der Waals surface area contributed by atoms with Crippen molar-refractivity contribution in [2.75, 3.05) is 6.54 Å². The number of carbonyl (C=O) groups excluding carboxylic acids is 1. The molecule has 0 aliphatic carbocycles. The highest BCUT2D eigenvalue weighted by molar-refractivity contribution is 6.31. The molecule has 144 valence electrons. The number of amides is 1. The maximum absolute atomic E-state index is 13.1. The number of fused-ring (bicyclic) bond motifs is 1. The van der Waals surface area contributed by atoms with Crippen molar-refractivity contribution in [3.05, 3.63) is 88.1 Å². The number of hydrogen-bond acceptors (Lipinski definition) is 3. The molecular formula is C24H20ClN3O. The number of nitriles is 1. The van der Waals surface area contributed by atoms with E-state index in [9.17, 15) is 10.1 Å². The van der Waals surface area contributed by atoms with Crippen molar-refractivity contribution >= 4 is 17.5 Å². The number of hydrogen-bond donors (Lipinski definition) is 0. The van der Waals surface area contributed by atoms with Gasteiger partial charge in [0, 0.05) is 23.3 Å². The molecule has 2 aromatic carbocycles. The molecule has 1 aromatic heterocycles. The van der Waals surface area contributed by atoms with Crippen molar-refractivity contribution in [1.82, 2.24) is 9.88 Å². The Kier molecular flexibility index (Phi) is 5.33. The number of aromatic nitrogens is 1. The van der Waals surface area contributed by atoms with Gasteiger partial charge in [0.1, 0.15) is 0 Å². The molecule has 0 fully saturated rings. The lowest BCUT2D eigenvalue weighted by Gasteiger charge is -2.36. The van der Waals surface area contributed by atoms with Gasteiger partial charge in [-0.2, -0.15) is 5.26 Å². The van der Waals surface area contributed by atoms with Crippen LogP contribution in [0.15, 0.2) is 60.8 Å². The third-order valence-corrected chi connectivity index (χ3v) is 5.92. The van der Waals surface area contributed by atoms with E-state index in [0.29, 0.717) is 22.7 Å². The van der Waals surface area contributed by atoms with E-state index in [4.69, 9.17) is 11.6 Å². The fourth-order valence-electron chi connectivity index (χ4n) is 4.07. The van der Waals surface area contributed by atoms with Gasteiger partial charge in [-0.15, -0.1) is 0 Å². The third-order valence-electron chi connectivity index (χ3n) is 5.56. The SMILES string of the molecule is C[C@H]1c2cccc(-c3ccccn3)c2CCN1C(=O)Cc1c(Cl)cccc1C#N. The van der Waals surface area contributed by atoms with Gasteiger partial charge in [-0.05, 0) is 54.3 Å². The molecule has 1 amide bonds. The van der Waals surface area contributed by atoms with Gasteiger partial charge in [0.15, 0.2) is 0 Å². The number of pyridine rings is 1. The summed E-state index contributed by atoms with van der Waals surface area (Å²) in [6, 6.07) is 19.3. The number of rotatable bonds is 3. The van der Waals surface area contributed by atoms with E-state index < -0.39 is 0 Å². The summed E-state index contributed by atoms with van der Waals surface area (Å²) in [5, 5.41) is 9.81. The first-order chi connectivity index (χ1) is 14.1. The van der Waals surface area contributed by atoms with Crippen molar-refractivity contribution < 1.29 is 4.79 Å². The van der Waals surface area contributed by atoms with E-state index in [2.05, 4.69) is 30.1 Å². The van der Waals surface area contributed by atoms with Crippen LogP contribution in [0.3, 0.4) is 0 Å². The van der Waals surface area contributed by atoms with Crippen molar-refractivity contribution in [3.63, 3.8) is 0 Å². The Balaban J connectivity index is 1.63. The number of carbonyl (C=O) groups is 1. The topological polar surface area (TPSA) is 57.0 Å². The molecule has 0 saturated carbocycles. The lowest BCUT2D eigenvalue weighted by atomic mass is 9.88. The monoisotopic (exact) mass is 401 g/mol. The number of halogens is 1. The van der Waals surface area contributed by atoms with Gasteiger partial charge < -0.3 is 4.90 Å². The quantitative estimate of drug-likeness (QED) is 0.623.